The summed E-state index contributed by atoms with van der Waals surface area (Å²) in [4.78, 5) is 21.8. The van der Waals surface area contributed by atoms with Gasteiger partial charge in [0.15, 0.2) is 5.82 Å². The summed E-state index contributed by atoms with van der Waals surface area (Å²) in [6.45, 7) is 8.12. The van der Waals surface area contributed by atoms with Crippen molar-refractivity contribution >= 4 is 38.3 Å². The van der Waals surface area contributed by atoms with E-state index in [1.807, 2.05) is 0 Å². The van der Waals surface area contributed by atoms with Crippen molar-refractivity contribution in [2.24, 2.45) is 7.05 Å². The number of halogens is 1. The number of fused-ring (bicyclic) bond motifs is 2. The van der Waals surface area contributed by atoms with Crippen molar-refractivity contribution in [3.63, 3.8) is 0 Å². The zero-order valence-corrected chi connectivity index (χ0v) is 21.8. The maximum absolute atomic E-state index is 14.7. The number of benzene rings is 1. The first-order chi connectivity index (χ1) is 17.4. The van der Waals surface area contributed by atoms with Crippen LogP contribution in [-0.4, -0.2) is 49.4 Å². The van der Waals surface area contributed by atoms with Crippen LogP contribution in [0.5, 0.6) is 0 Å². The molecule has 0 spiro atoms. The minimum Gasteiger partial charge on any atom is -0.364 e. The molecule has 10 heteroatoms. The molecular formula is C26H30FN7OS. The molecule has 0 saturated carbocycles. The number of thiazole rings is 1. The van der Waals surface area contributed by atoms with Crippen LogP contribution in [0.4, 0.5) is 10.1 Å². The van der Waals surface area contributed by atoms with Crippen molar-refractivity contribution in [3.8, 4) is 6.07 Å². The van der Waals surface area contributed by atoms with Gasteiger partial charge in [-0.05, 0) is 37.5 Å². The second kappa shape index (κ2) is 9.64. The summed E-state index contributed by atoms with van der Waals surface area (Å²) in [6.07, 6.45) is 3.57. The molecule has 5 rings (SSSR count). The number of pyridine rings is 1. The Morgan fingerprint density at radius 1 is 1.19 bits per heavy atom. The molecule has 4 aromatic rings. The van der Waals surface area contributed by atoms with Gasteiger partial charge < -0.3 is 9.47 Å². The number of rotatable bonds is 6. The Kier molecular flexibility index (Phi) is 6.53. The molecule has 4 heterocycles. The molecule has 1 unspecified atom stereocenters. The highest BCUT2D eigenvalue weighted by Gasteiger charge is 2.36. The largest absolute Gasteiger partial charge is 0.364 e. The van der Waals surface area contributed by atoms with Gasteiger partial charge in [-0.15, -0.1) is 11.3 Å². The van der Waals surface area contributed by atoms with Gasteiger partial charge in [0, 0.05) is 44.3 Å². The van der Waals surface area contributed by atoms with E-state index in [2.05, 4.69) is 52.8 Å². The second-order valence-corrected chi connectivity index (χ2v) is 10.4. The lowest BCUT2D eigenvalue weighted by molar-refractivity contribution is 0.101. The molecule has 1 saturated heterocycles. The average molecular weight is 508 g/mol. The smallest absolute Gasteiger partial charge is 0.252 e. The van der Waals surface area contributed by atoms with Crippen molar-refractivity contribution in [1.82, 2.24) is 24.2 Å². The number of hydrogen-bond acceptors (Lipinski definition) is 7. The van der Waals surface area contributed by atoms with Crippen LogP contribution in [0.25, 0.3) is 21.3 Å². The number of hydrogen-bond donors (Lipinski definition) is 0. The summed E-state index contributed by atoms with van der Waals surface area (Å²) in [6, 6.07) is 7.89. The molecule has 1 aromatic carbocycles. The predicted octanol–water partition coefficient (Wildman–Crippen LogP) is 4.45. The van der Waals surface area contributed by atoms with Crippen LogP contribution in [0.15, 0.2) is 34.7 Å². The molecule has 1 fully saturated rings. The van der Waals surface area contributed by atoms with E-state index in [1.54, 1.807) is 40.1 Å². The zero-order valence-electron chi connectivity index (χ0n) is 21.0. The van der Waals surface area contributed by atoms with Gasteiger partial charge in [-0.25, -0.2) is 9.37 Å². The first kappa shape index (κ1) is 24.4. The van der Waals surface area contributed by atoms with E-state index in [0.717, 1.165) is 52.9 Å². The van der Waals surface area contributed by atoms with Crippen LogP contribution in [0, 0.1) is 17.1 Å². The third kappa shape index (κ3) is 4.06. The van der Waals surface area contributed by atoms with E-state index in [0.29, 0.717) is 5.52 Å². The van der Waals surface area contributed by atoms with Gasteiger partial charge in [0.1, 0.15) is 17.6 Å². The van der Waals surface area contributed by atoms with Crippen LogP contribution in [0.2, 0.25) is 0 Å². The molecule has 0 bridgehead atoms. The Balaban J connectivity index is 1.52. The molecule has 3 atom stereocenters. The third-order valence-electron chi connectivity index (χ3n) is 7.55. The average Bonchev–Trinajstić information content (AvgIpc) is 3.53. The van der Waals surface area contributed by atoms with E-state index in [9.17, 15) is 9.18 Å². The Morgan fingerprint density at radius 3 is 2.69 bits per heavy atom. The summed E-state index contributed by atoms with van der Waals surface area (Å²) < 4.78 is 18.8. The topological polar surface area (TPSA) is 83.0 Å². The fraction of sp³-hybridized carbons (Fsp3) is 0.462. The normalized spacial score (nSPS) is 19.7. The number of anilines is 1. The lowest BCUT2D eigenvalue weighted by Gasteiger charge is -2.49. The minimum atomic E-state index is -0.273. The van der Waals surface area contributed by atoms with Crippen molar-refractivity contribution < 1.29 is 4.39 Å². The number of aryl methyl sites for hydroxylation is 1. The van der Waals surface area contributed by atoms with Crippen molar-refractivity contribution in [2.75, 3.05) is 18.0 Å². The molecule has 0 amide bonds. The molecule has 188 valence electrons. The quantitative estimate of drug-likeness (QED) is 0.384. The Labute approximate surface area is 213 Å². The Bertz CT molecular complexity index is 1520. The van der Waals surface area contributed by atoms with Gasteiger partial charge in [0.25, 0.3) is 5.56 Å². The maximum Gasteiger partial charge on any atom is 0.252 e. The predicted molar refractivity (Wildman–Crippen MR) is 141 cm³/mol. The summed E-state index contributed by atoms with van der Waals surface area (Å²) >= 11 is 1.46. The Hall–Kier alpha value is -3.29. The lowest BCUT2D eigenvalue weighted by atomic mass is 9.96. The summed E-state index contributed by atoms with van der Waals surface area (Å²) in [5.41, 5.74) is 5.26. The molecule has 0 N–H and O–H groups in total. The molecule has 3 aromatic heterocycles. The fourth-order valence-corrected chi connectivity index (χ4v) is 6.18. The number of aromatic nitrogens is 4. The molecular weight excluding hydrogens is 477 g/mol. The third-order valence-corrected chi connectivity index (χ3v) is 8.33. The molecule has 1 aliphatic heterocycles. The summed E-state index contributed by atoms with van der Waals surface area (Å²) in [7, 11) is 1.73. The van der Waals surface area contributed by atoms with Crippen LogP contribution in [0.1, 0.15) is 45.2 Å². The first-order valence-corrected chi connectivity index (χ1v) is 13.2. The van der Waals surface area contributed by atoms with E-state index in [4.69, 9.17) is 5.26 Å². The highest BCUT2D eigenvalue weighted by molar-refractivity contribution is 7.16. The van der Waals surface area contributed by atoms with Gasteiger partial charge in [-0.3, -0.25) is 14.4 Å². The van der Waals surface area contributed by atoms with Gasteiger partial charge in [0.2, 0.25) is 0 Å². The van der Waals surface area contributed by atoms with Crippen LogP contribution in [0.3, 0.4) is 0 Å². The monoisotopic (exact) mass is 507 g/mol. The first-order valence-electron chi connectivity index (χ1n) is 12.3. The minimum absolute atomic E-state index is 0.0330. The molecule has 8 nitrogen and oxygen atoms in total. The summed E-state index contributed by atoms with van der Waals surface area (Å²) in [5, 5.41) is 13.8. The van der Waals surface area contributed by atoms with Crippen molar-refractivity contribution in [3.05, 3.63) is 51.6 Å². The standard InChI is InChI=1S/C26H30FN7OS/c1-5-18-13-34(21-11-24(35)31(4)22-14-32(8-7-28)30-26(21)22)19(6-2)12-33(18)16(3)17-9-20(27)25-23(10-17)36-15-29-25/h9-11,14-16,18-19H,5-6,8,12-13H2,1-4H3/t16?,18-,19+/m1/s1. The van der Waals surface area contributed by atoms with Gasteiger partial charge >= 0.3 is 0 Å². The van der Waals surface area contributed by atoms with Crippen LogP contribution < -0.4 is 10.5 Å². The highest BCUT2D eigenvalue weighted by atomic mass is 32.1. The van der Waals surface area contributed by atoms with Gasteiger partial charge in [0.05, 0.1) is 33.7 Å². The molecule has 1 aliphatic rings. The molecule has 36 heavy (non-hydrogen) atoms. The molecule has 0 aliphatic carbocycles. The van der Waals surface area contributed by atoms with Crippen molar-refractivity contribution in [2.45, 2.75) is 58.3 Å². The Morgan fingerprint density at radius 2 is 1.97 bits per heavy atom. The van der Waals surface area contributed by atoms with Crippen LogP contribution >= 0.6 is 11.3 Å². The number of piperazine rings is 1. The zero-order chi connectivity index (χ0) is 25.6. The fourth-order valence-electron chi connectivity index (χ4n) is 5.44. The van der Waals surface area contributed by atoms with Gasteiger partial charge in [-0.1, -0.05) is 13.8 Å². The van der Waals surface area contributed by atoms with E-state index in [-0.39, 0.29) is 36.0 Å². The summed E-state index contributed by atoms with van der Waals surface area (Å²) in [5.74, 6) is -0.273. The van der Waals surface area contributed by atoms with E-state index < -0.39 is 0 Å². The SMILES string of the molecule is CC[C@H]1CN(C(C)c2cc(F)c3ncsc3c2)[C@H](CC)CN1c1cc(=O)n(C)c2cn(CC#N)nc12. The van der Waals surface area contributed by atoms with Crippen LogP contribution in [-0.2, 0) is 13.6 Å². The second-order valence-electron chi connectivity index (χ2n) is 9.50. The van der Waals surface area contributed by atoms with E-state index >= 15 is 0 Å². The molecule has 0 radical (unpaired) electrons. The highest BCUT2D eigenvalue weighted by Crippen LogP contribution is 2.35. The number of nitriles is 1. The van der Waals surface area contributed by atoms with E-state index in [1.165, 1.54) is 11.3 Å². The number of nitrogens with zero attached hydrogens (tertiary/aromatic N) is 7. The lowest BCUT2D eigenvalue weighted by Crippen LogP contribution is -2.58. The van der Waals surface area contributed by atoms with Crippen molar-refractivity contribution in [1.29, 1.82) is 5.26 Å². The van der Waals surface area contributed by atoms with Gasteiger partial charge in [-0.2, -0.15) is 10.4 Å². The maximum atomic E-state index is 14.7.